The molecule has 0 bridgehead atoms. The van der Waals surface area contributed by atoms with E-state index >= 15 is 0 Å². The monoisotopic (exact) mass is 497 g/mol. The van der Waals surface area contributed by atoms with Gasteiger partial charge < -0.3 is 14.7 Å². The van der Waals surface area contributed by atoms with Crippen LogP contribution in [0, 0.1) is 13.8 Å². The third kappa shape index (κ3) is 5.08. The highest BCUT2D eigenvalue weighted by molar-refractivity contribution is 7.91. The molecule has 2 aromatic carbocycles. The summed E-state index contributed by atoms with van der Waals surface area (Å²) in [6, 6.07) is 11.3. The molecule has 2 amide bonds. The molecule has 7 nitrogen and oxygen atoms in total. The van der Waals surface area contributed by atoms with Crippen LogP contribution in [0.4, 0.5) is 11.4 Å². The first kappa shape index (κ1) is 25.2. The molecule has 188 valence electrons. The van der Waals surface area contributed by atoms with E-state index in [1.807, 2.05) is 13.8 Å². The Morgan fingerprint density at radius 2 is 1.69 bits per heavy atom. The summed E-state index contributed by atoms with van der Waals surface area (Å²) in [6.07, 6.45) is 1.01. The van der Waals surface area contributed by atoms with Gasteiger partial charge in [-0.15, -0.1) is 0 Å². The first-order chi connectivity index (χ1) is 16.6. The molecule has 0 N–H and O–H groups in total. The Balaban J connectivity index is 1.36. The van der Waals surface area contributed by atoms with E-state index in [1.165, 1.54) is 16.8 Å². The van der Waals surface area contributed by atoms with Crippen molar-refractivity contribution in [3.8, 4) is 0 Å². The van der Waals surface area contributed by atoms with Crippen molar-refractivity contribution in [2.45, 2.75) is 57.9 Å². The van der Waals surface area contributed by atoms with Crippen LogP contribution in [0.1, 0.15) is 43.4 Å². The van der Waals surface area contributed by atoms with Crippen LogP contribution in [0.3, 0.4) is 0 Å². The van der Waals surface area contributed by atoms with Crippen molar-refractivity contribution in [3.63, 3.8) is 0 Å². The van der Waals surface area contributed by atoms with Crippen LogP contribution in [0.25, 0.3) is 0 Å². The SMILES string of the molecule is CCC(=O)N1c2ccc(S(=O)(=O)CCC(=O)N3CCN(c4cccc(C)c4C)CC3)cc2C[C@@H]1C. The fraction of sp³-hybridized carbons (Fsp3) is 0.481. The quantitative estimate of drug-likeness (QED) is 0.610. The van der Waals surface area contributed by atoms with E-state index in [4.69, 9.17) is 0 Å². The van der Waals surface area contributed by atoms with E-state index in [9.17, 15) is 18.0 Å². The lowest BCUT2D eigenvalue weighted by atomic mass is 10.1. The molecule has 0 unspecified atom stereocenters. The molecule has 2 aliphatic heterocycles. The Labute approximate surface area is 208 Å². The number of amides is 2. The molecule has 1 fully saturated rings. The van der Waals surface area contributed by atoms with Gasteiger partial charge in [-0.05, 0) is 68.1 Å². The molecule has 35 heavy (non-hydrogen) atoms. The van der Waals surface area contributed by atoms with E-state index in [-0.39, 0.29) is 34.9 Å². The molecule has 0 aromatic heterocycles. The summed E-state index contributed by atoms with van der Waals surface area (Å²) in [5.74, 6) is -0.298. The van der Waals surface area contributed by atoms with Crippen molar-refractivity contribution in [1.29, 1.82) is 0 Å². The number of carbonyl (C=O) groups is 2. The van der Waals surface area contributed by atoms with Crippen LogP contribution in [-0.2, 0) is 25.8 Å². The van der Waals surface area contributed by atoms with Crippen LogP contribution in [-0.4, -0.2) is 63.1 Å². The molecule has 1 atom stereocenters. The second-order valence-electron chi connectivity index (χ2n) is 9.62. The molecular weight excluding hydrogens is 462 g/mol. The molecule has 0 radical (unpaired) electrons. The Hall–Kier alpha value is -2.87. The number of hydrogen-bond acceptors (Lipinski definition) is 5. The minimum Gasteiger partial charge on any atom is -0.368 e. The van der Waals surface area contributed by atoms with Gasteiger partial charge >= 0.3 is 0 Å². The fourth-order valence-electron chi connectivity index (χ4n) is 5.12. The summed E-state index contributed by atoms with van der Waals surface area (Å²) in [4.78, 5) is 31.2. The van der Waals surface area contributed by atoms with Crippen LogP contribution >= 0.6 is 0 Å². The summed E-state index contributed by atoms with van der Waals surface area (Å²) in [7, 11) is -3.60. The van der Waals surface area contributed by atoms with Crippen LogP contribution in [0.15, 0.2) is 41.3 Å². The fourth-order valence-corrected chi connectivity index (χ4v) is 6.40. The maximum atomic E-state index is 13.0. The second-order valence-corrected chi connectivity index (χ2v) is 11.7. The normalized spacial score (nSPS) is 18.1. The van der Waals surface area contributed by atoms with Crippen molar-refractivity contribution in [1.82, 2.24) is 4.90 Å². The molecule has 1 saturated heterocycles. The number of hydrogen-bond donors (Lipinski definition) is 0. The van der Waals surface area contributed by atoms with Crippen molar-refractivity contribution >= 4 is 33.0 Å². The zero-order chi connectivity index (χ0) is 25.3. The zero-order valence-corrected chi connectivity index (χ0v) is 21.9. The summed E-state index contributed by atoms with van der Waals surface area (Å²) < 4.78 is 26.0. The average Bonchev–Trinajstić information content (AvgIpc) is 3.19. The van der Waals surface area contributed by atoms with Crippen molar-refractivity contribution in [3.05, 3.63) is 53.1 Å². The van der Waals surface area contributed by atoms with Gasteiger partial charge in [-0.1, -0.05) is 19.1 Å². The summed E-state index contributed by atoms with van der Waals surface area (Å²) in [5, 5.41) is 0. The standard InChI is InChI=1S/C27H35N3O4S/c1-5-26(31)30-20(3)17-22-18-23(9-10-25(22)30)35(33,34)16-11-27(32)29-14-12-28(13-15-29)24-8-6-7-19(2)21(24)4/h6-10,18,20H,5,11-17H2,1-4H3/t20-/m0/s1. The molecule has 0 saturated carbocycles. The highest BCUT2D eigenvalue weighted by atomic mass is 32.2. The number of piperazine rings is 1. The third-order valence-electron chi connectivity index (χ3n) is 7.33. The van der Waals surface area contributed by atoms with E-state index in [0.717, 1.165) is 24.3 Å². The summed E-state index contributed by atoms with van der Waals surface area (Å²) in [5.41, 5.74) is 5.36. The lowest BCUT2D eigenvalue weighted by molar-refractivity contribution is -0.131. The number of anilines is 2. The van der Waals surface area contributed by atoms with Crippen LogP contribution in [0.2, 0.25) is 0 Å². The van der Waals surface area contributed by atoms with Gasteiger partial charge in [0.2, 0.25) is 11.8 Å². The zero-order valence-electron chi connectivity index (χ0n) is 21.1. The Bertz CT molecular complexity index is 1230. The highest BCUT2D eigenvalue weighted by Crippen LogP contribution is 2.34. The van der Waals surface area contributed by atoms with E-state index in [2.05, 4.69) is 36.9 Å². The topological polar surface area (TPSA) is 78.0 Å². The number of rotatable bonds is 6. The van der Waals surface area contributed by atoms with Crippen LogP contribution in [0.5, 0.6) is 0 Å². The Kier molecular flexibility index (Phi) is 7.22. The summed E-state index contributed by atoms with van der Waals surface area (Å²) in [6.45, 7) is 10.7. The van der Waals surface area contributed by atoms with Crippen molar-refractivity contribution in [2.75, 3.05) is 41.7 Å². The van der Waals surface area contributed by atoms with Gasteiger partial charge in [-0.3, -0.25) is 9.59 Å². The number of aryl methyl sites for hydroxylation is 1. The smallest absolute Gasteiger partial charge is 0.226 e. The molecule has 8 heteroatoms. The lowest BCUT2D eigenvalue weighted by Crippen LogP contribution is -2.49. The van der Waals surface area contributed by atoms with Gasteiger partial charge in [-0.2, -0.15) is 0 Å². The molecule has 0 spiro atoms. The maximum Gasteiger partial charge on any atom is 0.226 e. The van der Waals surface area contributed by atoms with Crippen LogP contribution < -0.4 is 9.80 Å². The third-order valence-corrected chi connectivity index (χ3v) is 9.04. The number of nitrogens with zero attached hydrogens (tertiary/aromatic N) is 3. The van der Waals surface area contributed by atoms with E-state index in [1.54, 1.807) is 28.0 Å². The average molecular weight is 498 g/mol. The molecular formula is C27H35N3O4S. The number of carbonyl (C=O) groups excluding carboxylic acids is 2. The van der Waals surface area contributed by atoms with E-state index in [0.29, 0.717) is 25.9 Å². The predicted molar refractivity (Wildman–Crippen MR) is 139 cm³/mol. The molecule has 2 heterocycles. The minimum absolute atomic E-state index is 0.0132. The van der Waals surface area contributed by atoms with E-state index < -0.39 is 9.84 Å². The molecule has 4 rings (SSSR count). The second kappa shape index (κ2) is 10.0. The van der Waals surface area contributed by atoms with Gasteiger partial charge in [-0.25, -0.2) is 8.42 Å². The maximum absolute atomic E-state index is 13.0. The van der Waals surface area contributed by atoms with Gasteiger partial charge in [0.1, 0.15) is 0 Å². The highest BCUT2D eigenvalue weighted by Gasteiger charge is 2.31. The number of fused-ring (bicyclic) bond motifs is 1. The lowest BCUT2D eigenvalue weighted by Gasteiger charge is -2.37. The molecule has 2 aliphatic rings. The van der Waals surface area contributed by atoms with Gasteiger partial charge in [0.15, 0.2) is 9.84 Å². The number of sulfone groups is 1. The predicted octanol–water partition coefficient (Wildman–Crippen LogP) is 3.50. The largest absolute Gasteiger partial charge is 0.368 e. The Morgan fingerprint density at radius 3 is 2.37 bits per heavy atom. The van der Waals surface area contributed by atoms with Gasteiger partial charge in [0.25, 0.3) is 0 Å². The van der Waals surface area contributed by atoms with Crippen molar-refractivity contribution in [2.24, 2.45) is 0 Å². The number of benzene rings is 2. The molecule has 0 aliphatic carbocycles. The van der Waals surface area contributed by atoms with Gasteiger partial charge in [0, 0.05) is 56.4 Å². The van der Waals surface area contributed by atoms with Crippen molar-refractivity contribution < 1.29 is 18.0 Å². The van der Waals surface area contributed by atoms with Gasteiger partial charge in [0.05, 0.1) is 10.6 Å². The Morgan fingerprint density at radius 1 is 0.971 bits per heavy atom. The summed E-state index contributed by atoms with van der Waals surface area (Å²) >= 11 is 0. The minimum atomic E-state index is -3.60. The first-order valence-electron chi connectivity index (χ1n) is 12.4. The first-order valence-corrected chi connectivity index (χ1v) is 14.0. The molecule has 2 aromatic rings.